The molecule has 0 N–H and O–H groups in total. The van der Waals surface area contributed by atoms with Crippen molar-refractivity contribution in [2.24, 2.45) is 0 Å². The quantitative estimate of drug-likeness (QED) is 0.307. The van der Waals surface area contributed by atoms with Crippen molar-refractivity contribution in [2.75, 3.05) is 66.1 Å². The fourth-order valence-corrected chi connectivity index (χ4v) is 1.89. The average Bonchev–Trinajstić information content (AvgIpc) is 2.66. The lowest BCUT2D eigenvalue weighted by Crippen LogP contribution is -2.14. The Morgan fingerprint density at radius 1 is 0.731 bits per heavy atom. The van der Waals surface area contributed by atoms with Crippen LogP contribution in [-0.2, 0) is 28.5 Å². The Kier molecular flexibility index (Phi) is 14.4. The Morgan fingerprint density at radius 3 is 1.77 bits per heavy atom. The SMILES string of the molecule is CCOC(=O)CCOCCOCCOCCOCCOc1ccccc1. The first-order valence-corrected chi connectivity index (χ1v) is 8.97. The number of carbonyl (C=O) groups excluding carboxylic acids is 1. The van der Waals surface area contributed by atoms with Crippen molar-refractivity contribution in [1.29, 1.82) is 0 Å². The first-order chi connectivity index (χ1) is 12.8. The molecular weight excluding hydrogens is 340 g/mol. The van der Waals surface area contributed by atoms with Crippen LogP contribution >= 0.6 is 0 Å². The summed E-state index contributed by atoms with van der Waals surface area (Å²) in [5.74, 6) is 0.602. The lowest BCUT2D eigenvalue weighted by atomic mass is 10.3. The molecule has 0 fully saturated rings. The Morgan fingerprint density at radius 2 is 1.23 bits per heavy atom. The van der Waals surface area contributed by atoms with Crippen molar-refractivity contribution in [3.63, 3.8) is 0 Å². The first kappa shape index (κ1) is 22.4. The maximum Gasteiger partial charge on any atom is 0.308 e. The Balaban J connectivity index is 1.72. The molecule has 7 nitrogen and oxygen atoms in total. The monoisotopic (exact) mass is 370 g/mol. The maximum absolute atomic E-state index is 11.1. The summed E-state index contributed by atoms with van der Waals surface area (Å²) in [6, 6.07) is 9.64. The third kappa shape index (κ3) is 13.6. The summed E-state index contributed by atoms with van der Waals surface area (Å²) >= 11 is 0. The third-order valence-corrected chi connectivity index (χ3v) is 3.11. The lowest BCUT2D eigenvalue weighted by molar-refractivity contribution is -0.144. The summed E-state index contributed by atoms with van der Waals surface area (Å²) in [7, 11) is 0. The lowest BCUT2D eigenvalue weighted by Gasteiger charge is -2.08. The summed E-state index contributed by atoms with van der Waals surface area (Å²) in [6.45, 7) is 6.54. The van der Waals surface area contributed by atoms with Gasteiger partial charge in [0, 0.05) is 0 Å². The van der Waals surface area contributed by atoms with Crippen LogP contribution < -0.4 is 4.74 Å². The van der Waals surface area contributed by atoms with E-state index in [0.29, 0.717) is 66.1 Å². The van der Waals surface area contributed by atoms with E-state index >= 15 is 0 Å². The van der Waals surface area contributed by atoms with Gasteiger partial charge in [-0.2, -0.15) is 0 Å². The van der Waals surface area contributed by atoms with E-state index < -0.39 is 0 Å². The van der Waals surface area contributed by atoms with Gasteiger partial charge in [0.05, 0.1) is 65.9 Å². The van der Waals surface area contributed by atoms with Crippen molar-refractivity contribution >= 4 is 5.97 Å². The van der Waals surface area contributed by atoms with E-state index in [4.69, 9.17) is 28.4 Å². The van der Waals surface area contributed by atoms with Gasteiger partial charge in [-0.05, 0) is 19.1 Å². The molecule has 26 heavy (non-hydrogen) atoms. The highest BCUT2D eigenvalue weighted by Crippen LogP contribution is 2.07. The van der Waals surface area contributed by atoms with Crippen LogP contribution in [0.15, 0.2) is 30.3 Å². The molecule has 1 aromatic rings. The zero-order chi connectivity index (χ0) is 18.7. The summed E-state index contributed by atoms with van der Waals surface area (Å²) in [5.41, 5.74) is 0. The average molecular weight is 370 g/mol. The fourth-order valence-electron chi connectivity index (χ4n) is 1.89. The van der Waals surface area contributed by atoms with Gasteiger partial charge in [0.15, 0.2) is 0 Å². The second-order valence-corrected chi connectivity index (χ2v) is 5.17. The van der Waals surface area contributed by atoms with Crippen LogP contribution in [0.3, 0.4) is 0 Å². The van der Waals surface area contributed by atoms with Gasteiger partial charge in [-0.3, -0.25) is 4.79 Å². The molecule has 0 atom stereocenters. The highest BCUT2D eigenvalue weighted by atomic mass is 16.6. The second kappa shape index (κ2) is 16.8. The first-order valence-electron chi connectivity index (χ1n) is 8.97. The summed E-state index contributed by atoms with van der Waals surface area (Å²) in [5, 5.41) is 0. The summed E-state index contributed by atoms with van der Waals surface area (Å²) < 4.78 is 31.7. The van der Waals surface area contributed by atoms with Crippen LogP contribution in [0.5, 0.6) is 5.75 Å². The van der Waals surface area contributed by atoms with E-state index in [2.05, 4.69) is 0 Å². The number of para-hydroxylation sites is 1. The smallest absolute Gasteiger partial charge is 0.308 e. The molecule has 1 rings (SSSR count). The number of esters is 1. The molecule has 1 aromatic carbocycles. The van der Waals surface area contributed by atoms with E-state index in [1.165, 1.54) is 0 Å². The fraction of sp³-hybridized carbons (Fsp3) is 0.632. The van der Waals surface area contributed by atoms with Gasteiger partial charge in [-0.15, -0.1) is 0 Å². The van der Waals surface area contributed by atoms with Crippen LogP contribution in [0, 0.1) is 0 Å². The zero-order valence-corrected chi connectivity index (χ0v) is 15.5. The topological polar surface area (TPSA) is 72.5 Å². The van der Waals surface area contributed by atoms with Gasteiger partial charge in [0.1, 0.15) is 12.4 Å². The number of carbonyl (C=O) groups is 1. The third-order valence-electron chi connectivity index (χ3n) is 3.11. The van der Waals surface area contributed by atoms with Crippen molar-refractivity contribution in [3.8, 4) is 5.75 Å². The number of hydrogen-bond acceptors (Lipinski definition) is 7. The van der Waals surface area contributed by atoms with Crippen molar-refractivity contribution < 1.29 is 33.2 Å². The summed E-state index contributed by atoms with van der Waals surface area (Å²) in [4.78, 5) is 11.1. The minimum absolute atomic E-state index is 0.240. The minimum Gasteiger partial charge on any atom is -0.491 e. The van der Waals surface area contributed by atoms with E-state index in [9.17, 15) is 4.79 Å². The van der Waals surface area contributed by atoms with Gasteiger partial charge in [-0.1, -0.05) is 18.2 Å². The van der Waals surface area contributed by atoms with E-state index in [0.717, 1.165) is 5.75 Å². The van der Waals surface area contributed by atoms with Crippen molar-refractivity contribution in [2.45, 2.75) is 13.3 Å². The van der Waals surface area contributed by atoms with Gasteiger partial charge in [0.25, 0.3) is 0 Å². The number of ether oxygens (including phenoxy) is 6. The van der Waals surface area contributed by atoms with Crippen molar-refractivity contribution in [3.05, 3.63) is 30.3 Å². The normalized spacial score (nSPS) is 10.7. The molecule has 0 saturated heterocycles. The molecule has 0 spiro atoms. The zero-order valence-electron chi connectivity index (χ0n) is 15.5. The molecule has 0 aliphatic rings. The molecule has 0 amide bonds. The standard InChI is InChI=1S/C19H30O7/c1-2-25-19(20)8-9-21-10-11-22-12-13-23-14-15-24-16-17-26-18-6-4-3-5-7-18/h3-7H,2,8-17H2,1H3. The minimum atomic E-state index is -0.240. The molecule has 0 heterocycles. The van der Waals surface area contributed by atoms with Crippen molar-refractivity contribution in [1.82, 2.24) is 0 Å². The highest BCUT2D eigenvalue weighted by molar-refractivity contribution is 5.69. The van der Waals surface area contributed by atoms with E-state index in [1.807, 2.05) is 30.3 Å². The maximum atomic E-state index is 11.1. The molecule has 148 valence electrons. The number of rotatable bonds is 17. The molecule has 0 aliphatic carbocycles. The Hall–Kier alpha value is -1.67. The molecular formula is C19H30O7. The Labute approximate surface area is 155 Å². The van der Waals surface area contributed by atoms with Crippen LogP contribution in [-0.4, -0.2) is 72.0 Å². The van der Waals surface area contributed by atoms with Crippen LogP contribution in [0.1, 0.15) is 13.3 Å². The second-order valence-electron chi connectivity index (χ2n) is 5.17. The highest BCUT2D eigenvalue weighted by Gasteiger charge is 2.00. The molecule has 0 saturated carbocycles. The summed E-state index contributed by atoms with van der Waals surface area (Å²) in [6.07, 6.45) is 0.271. The molecule has 0 unspecified atom stereocenters. The molecule has 0 bridgehead atoms. The van der Waals surface area contributed by atoms with Gasteiger partial charge >= 0.3 is 5.97 Å². The van der Waals surface area contributed by atoms with Crippen LogP contribution in [0.25, 0.3) is 0 Å². The van der Waals surface area contributed by atoms with Gasteiger partial charge in [-0.25, -0.2) is 0 Å². The molecule has 0 radical (unpaired) electrons. The Bertz CT molecular complexity index is 439. The predicted molar refractivity (Wildman–Crippen MR) is 96.5 cm³/mol. The molecule has 7 heteroatoms. The van der Waals surface area contributed by atoms with Crippen LogP contribution in [0.4, 0.5) is 0 Å². The van der Waals surface area contributed by atoms with Gasteiger partial charge < -0.3 is 28.4 Å². The number of hydrogen-bond donors (Lipinski definition) is 0. The molecule has 0 aromatic heterocycles. The largest absolute Gasteiger partial charge is 0.491 e. The van der Waals surface area contributed by atoms with E-state index in [1.54, 1.807) is 6.92 Å². The van der Waals surface area contributed by atoms with E-state index in [-0.39, 0.29) is 12.4 Å². The van der Waals surface area contributed by atoms with Gasteiger partial charge in [0.2, 0.25) is 0 Å². The predicted octanol–water partition coefficient (Wildman–Crippen LogP) is 2.08. The molecule has 0 aliphatic heterocycles. The number of benzene rings is 1. The van der Waals surface area contributed by atoms with Crippen LogP contribution in [0.2, 0.25) is 0 Å².